The molecule has 0 atom stereocenters. The van der Waals surface area contributed by atoms with Crippen LogP contribution < -0.4 is 10.2 Å². The van der Waals surface area contributed by atoms with Crippen molar-refractivity contribution >= 4 is 34.8 Å². The Kier molecular flexibility index (Phi) is 4.06. The van der Waals surface area contributed by atoms with E-state index < -0.39 is 0 Å². The van der Waals surface area contributed by atoms with Crippen LogP contribution in [0.2, 0.25) is 5.02 Å². The zero-order valence-corrected chi connectivity index (χ0v) is 12.5. The van der Waals surface area contributed by atoms with Crippen LogP contribution in [0.25, 0.3) is 0 Å². The molecular formula is C16H14ClN3O2. The molecule has 22 heavy (non-hydrogen) atoms. The number of halogens is 1. The Bertz CT molecular complexity index is 719. The maximum absolute atomic E-state index is 12.3. The van der Waals surface area contributed by atoms with Gasteiger partial charge in [0.2, 0.25) is 5.91 Å². The summed E-state index contributed by atoms with van der Waals surface area (Å²) >= 11 is 6.02. The molecule has 1 aromatic carbocycles. The van der Waals surface area contributed by atoms with Gasteiger partial charge in [-0.2, -0.15) is 0 Å². The Morgan fingerprint density at radius 3 is 2.82 bits per heavy atom. The van der Waals surface area contributed by atoms with E-state index in [2.05, 4.69) is 10.3 Å². The van der Waals surface area contributed by atoms with Crippen molar-refractivity contribution in [3.8, 4) is 0 Å². The third-order valence-electron chi connectivity index (χ3n) is 3.47. The second-order valence-electron chi connectivity index (χ2n) is 4.98. The predicted octanol–water partition coefficient (Wildman–Crippen LogP) is 3.11. The van der Waals surface area contributed by atoms with Crippen LogP contribution in [0.4, 0.5) is 11.4 Å². The molecular weight excluding hydrogens is 302 g/mol. The number of carbonyl (C=O) groups excluding carboxylic acids is 2. The molecule has 0 aliphatic carbocycles. The monoisotopic (exact) mass is 315 g/mol. The third-order valence-corrected chi connectivity index (χ3v) is 3.70. The number of pyridine rings is 1. The summed E-state index contributed by atoms with van der Waals surface area (Å²) in [6.45, 7) is 0.646. The maximum Gasteiger partial charge on any atom is 0.274 e. The molecule has 0 bridgehead atoms. The summed E-state index contributed by atoms with van der Waals surface area (Å²) in [5.74, 6) is -0.286. The zero-order chi connectivity index (χ0) is 15.5. The van der Waals surface area contributed by atoms with Crippen LogP contribution in [0.3, 0.4) is 0 Å². The van der Waals surface area contributed by atoms with E-state index in [1.54, 1.807) is 47.5 Å². The van der Waals surface area contributed by atoms with Gasteiger partial charge in [0.1, 0.15) is 5.69 Å². The molecule has 2 heterocycles. The molecule has 1 saturated heterocycles. The number of amides is 2. The minimum absolute atomic E-state index is 0.0515. The molecule has 1 aliphatic heterocycles. The minimum atomic E-state index is -0.337. The van der Waals surface area contributed by atoms with Crippen molar-refractivity contribution in [1.29, 1.82) is 0 Å². The second-order valence-corrected chi connectivity index (χ2v) is 5.42. The van der Waals surface area contributed by atoms with E-state index in [-0.39, 0.29) is 11.8 Å². The van der Waals surface area contributed by atoms with Crippen LogP contribution in [-0.4, -0.2) is 23.3 Å². The number of anilines is 2. The Labute approximate surface area is 132 Å². The first-order valence-corrected chi connectivity index (χ1v) is 7.35. The number of nitrogens with zero attached hydrogens (tertiary/aromatic N) is 2. The lowest BCUT2D eigenvalue weighted by atomic mass is 10.2. The summed E-state index contributed by atoms with van der Waals surface area (Å²) in [4.78, 5) is 29.9. The molecule has 1 aromatic heterocycles. The number of nitrogens with one attached hydrogen (secondary N) is 1. The van der Waals surface area contributed by atoms with Crippen molar-refractivity contribution in [2.75, 3.05) is 16.8 Å². The number of carbonyl (C=O) groups is 2. The van der Waals surface area contributed by atoms with Crippen LogP contribution in [0.1, 0.15) is 23.3 Å². The molecule has 0 unspecified atom stereocenters. The van der Waals surface area contributed by atoms with E-state index in [1.807, 2.05) is 0 Å². The highest BCUT2D eigenvalue weighted by Gasteiger charge is 2.24. The normalized spacial score (nSPS) is 14.2. The lowest BCUT2D eigenvalue weighted by molar-refractivity contribution is -0.117. The van der Waals surface area contributed by atoms with E-state index in [9.17, 15) is 9.59 Å². The largest absolute Gasteiger partial charge is 0.319 e. The van der Waals surface area contributed by atoms with Gasteiger partial charge in [-0.15, -0.1) is 0 Å². The summed E-state index contributed by atoms with van der Waals surface area (Å²) in [6.07, 6.45) is 2.89. The van der Waals surface area contributed by atoms with Crippen molar-refractivity contribution in [2.45, 2.75) is 12.8 Å². The molecule has 0 saturated carbocycles. The van der Waals surface area contributed by atoms with E-state index in [1.165, 1.54) is 0 Å². The van der Waals surface area contributed by atoms with Gasteiger partial charge >= 0.3 is 0 Å². The predicted molar refractivity (Wildman–Crippen MR) is 85.2 cm³/mol. The minimum Gasteiger partial charge on any atom is -0.319 e. The van der Waals surface area contributed by atoms with Gasteiger partial charge in [0, 0.05) is 24.2 Å². The lowest BCUT2D eigenvalue weighted by Gasteiger charge is -2.20. The average Bonchev–Trinajstić information content (AvgIpc) is 2.94. The highest BCUT2D eigenvalue weighted by Crippen LogP contribution is 2.32. The van der Waals surface area contributed by atoms with E-state index in [0.29, 0.717) is 35.1 Å². The number of hydrogen-bond donors (Lipinski definition) is 1. The molecule has 1 aliphatic rings. The Morgan fingerprint density at radius 2 is 2.14 bits per heavy atom. The van der Waals surface area contributed by atoms with Gasteiger partial charge in [-0.25, -0.2) is 0 Å². The van der Waals surface area contributed by atoms with Gasteiger partial charge in [-0.05, 0) is 36.8 Å². The molecule has 1 N–H and O–H groups in total. The zero-order valence-electron chi connectivity index (χ0n) is 11.8. The van der Waals surface area contributed by atoms with Gasteiger partial charge in [0.25, 0.3) is 5.91 Å². The van der Waals surface area contributed by atoms with E-state index in [0.717, 1.165) is 6.42 Å². The highest BCUT2D eigenvalue weighted by molar-refractivity contribution is 6.31. The number of benzene rings is 1. The molecule has 2 amide bonds. The standard InChI is InChI=1S/C16H14ClN3O2/c17-11-6-7-14(20-9-3-5-15(20)21)13(10-11)19-16(22)12-4-1-2-8-18-12/h1-2,4,6-8,10H,3,5,9H2,(H,19,22). The van der Waals surface area contributed by atoms with Crippen LogP contribution >= 0.6 is 11.6 Å². The van der Waals surface area contributed by atoms with E-state index >= 15 is 0 Å². The molecule has 0 spiro atoms. The van der Waals surface area contributed by atoms with Crippen LogP contribution in [0.5, 0.6) is 0 Å². The van der Waals surface area contributed by atoms with Crippen LogP contribution in [-0.2, 0) is 4.79 Å². The van der Waals surface area contributed by atoms with Crippen molar-refractivity contribution in [2.24, 2.45) is 0 Å². The fourth-order valence-corrected chi connectivity index (χ4v) is 2.60. The Morgan fingerprint density at radius 1 is 1.27 bits per heavy atom. The molecule has 112 valence electrons. The lowest BCUT2D eigenvalue weighted by Crippen LogP contribution is -2.25. The van der Waals surface area contributed by atoms with Gasteiger partial charge in [0.15, 0.2) is 0 Å². The van der Waals surface area contributed by atoms with Crippen molar-refractivity contribution in [1.82, 2.24) is 4.98 Å². The van der Waals surface area contributed by atoms with Gasteiger partial charge in [-0.1, -0.05) is 17.7 Å². The first-order valence-electron chi connectivity index (χ1n) is 6.97. The first-order chi connectivity index (χ1) is 10.6. The van der Waals surface area contributed by atoms with Gasteiger partial charge in [-0.3, -0.25) is 14.6 Å². The van der Waals surface area contributed by atoms with E-state index in [4.69, 9.17) is 11.6 Å². The van der Waals surface area contributed by atoms with Gasteiger partial charge in [0.05, 0.1) is 11.4 Å². The third kappa shape index (κ3) is 2.94. The summed E-state index contributed by atoms with van der Waals surface area (Å²) < 4.78 is 0. The second kappa shape index (κ2) is 6.15. The van der Waals surface area contributed by atoms with Crippen LogP contribution in [0.15, 0.2) is 42.6 Å². The number of rotatable bonds is 3. The average molecular weight is 316 g/mol. The van der Waals surface area contributed by atoms with Crippen molar-refractivity contribution < 1.29 is 9.59 Å². The summed E-state index contributed by atoms with van der Waals surface area (Å²) in [6, 6.07) is 10.2. The number of aromatic nitrogens is 1. The SMILES string of the molecule is O=C(Nc1cc(Cl)ccc1N1CCCC1=O)c1ccccn1. The Balaban J connectivity index is 1.91. The van der Waals surface area contributed by atoms with Gasteiger partial charge < -0.3 is 10.2 Å². The van der Waals surface area contributed by atoms with Crippen LogP contribution in [0, 0.1) is 0 Å². The number of hydrogen-bond acceptors (Lipinski definition) is 3. The molecule has 2 aromatic rings. The fourth-order valence-electron chi connectivity index (χ4n) is 2.43. The maximum atomic E-state index is 12.3. The smallest absolute Gasteiger partial charge is 0.274 e. The molecule has 6 heteroatoms. The first kappa shape index (κ1) is 14.5. The Hall–Kier alpha value is -2.40. The summed E-state index contributed by atoms with van der Waals surface area (Å²) in [5.41, 5.74) is 1.48. The quantitative estimate of drug-likeness (QED) is 0.946. The molecule has 3 rings (SSSR count). The molecule has 5 nitrogen and oxygen atoms in total. The summed E-state index contributed by atoms with van der Waals surface area (Å²) in [5, 5.41) is 3.28. The molecule has 1 fully saturated rings. The van der Waals surface area contributed by atoms with Crippen molar-refractivity contribution in [3.05, 3.63) is 53.3 Å². The highest BCUT2D eigenvalue weighted by atomic mass is 35.5. The molecule has 0 radical (unpaired) electrons. The fraction of sp³-hybridized carbons (Fsp3) is 0.188. The summed E-state index contributed by atoms with van der Waals surface area (Å²) in [7, 11) is 0. The van der Waals surface area contributed by atoms with Crippen molar-refractivity contribution in [3.63, 3.8) is 0 Å². The topological polar surface area (TPSA) is 62.3 Å².